The van der Waals surface area contributed by atoms with E-state index < -0.39 is 0 Å². The molecule has 14 aromatic carbocycles. The monoisotopic (exact) mass is 860 g/mol. The Bertz CT molecular complexity index is 5140. The Labute approximate surface area is 381 Å². The number of hydrogen-bond donors (Lipinski definition) is 0. The summed E-state index contributed by atoms with van der Waals surface area (Å²) in [5.41, 5.74) is 4.78. The van der Waals surface area contributed by atoms with Gasteiger partial charge < -0.3 is 0 Å². The molecule has 6 nitrogen and oxygen atoms in total. The van der Waals surface area contributed by atoms with Gasteiger partial charge in [0.15, 0.2) is 0 Å². The van der Waals surface area contributed by atoms with Crippen molar-refractivity contribution in [2.24, 2.45) is 0 Å². The van der Waals surface area contributed by atoms with Crippen LogP contribution in [-0.4, -0.2) is 18.8 Å². The molecule has 0 spiro atoms. The van der Waals surface area contributed by atoms with E-state index in [0.717, 1.165) is 141 Å². The molecule has 4 heterocycles. The van der Waals surface area contributed by atoms with Gasteiger partial charge in [-0.3, -0.25) is 18.4 Å². The van der Waals surface area contributed by atoms with E-state index >= 15 is 0 Å². The van der Waals surface area contributed by atoms with E-state index in [2.05, 4.69) is 146 Å². The van der Waals surface area contributed by atoms with Gasteiger partial charge in [-0.2, -0.15) is 0 Å². The molecule has 308 valence electrons. The molecular formula is C62H28N4O2. The first kappa shape index (κ1) is 34.1. The van der Waals surface area contributed by atoms with Gasteiger partial charge in [0.05, 0.1) is 22.1 Å². The number of benzene rings is 14. The summed E-state index contributed by atoms with van der Waals surface area (Å²) in [6.07, 6.45) is 0. The minimum atomic E-state index is -0.0608. The molecule has 0 fully saturated rings. The Balaban J connectivity index is 0.970. The van der Waals surface area contributed by atoms with E-state index in [0.29, 0.717) is 22.1 Å². The van der Waals surface area contributed by atoms with Crippen LogP contribution in [0.1, 0.15) is 0 Å². The van der Waals surface area contributed by atoms with Crippen LogP contribution in [0, 0.1) is 0 Å². The maximum Gasteiger partial charge on any atom is 0.264 e. The second-order valence-electron chi connectivity index (χ2n) is 19.0. The molecular weight excluding hydrogens is 833 g/mol. The van der Waals surface area contributed by atoms with Gasteiger partial charge in [0.25, 0.3) is 11.1 Å². The van der Waals surface area contributed by atoms with Crippen LogP contribution in [0.15, 0.2) is 179 Å². The van der Waals surface area contributed by atoms with Gasteiger partial charge in [-0.25, -0.2) is 9.97 Å². The van der Waals surface area contributed by atoms with Gasteiger partial charge in [0, 0.05) is 53.9 Å². The van der Waals surface area contributed by atoms with E-state index in [-0.39, 0.29) is 11.1 Å². The van der Waals surface area contributed by atoms with Crippen molar-refractivity contribution in [2.45, 2.75) is 0 Å². The summed E-state index contributed by atoms with van der Waals surface area (Å²) in [6, 6.07) is 60.0. The van der Waals surface area contributed by atoms with E-state index in [1.165, 1.54) is 10.8 Å². The lowest BCUT2D eigenvalue weighted by Crippen LogP contribution is -2.17. The fourth-order valence-corrected chi connectivity index (χ4v) is 13.3. The quantitative estimate of drug-likeness (QED) is 0.112. The van der Waals surface area contributed by atoms with Gasteiger partial charge in [0.1, 0.15) is 11.3 Å². The summed E-state index contributed by atoms with van der Waals surface area (Å²) >= 11 is 0. The maximum atomic E-state index is 15.0. The molecule has 18 aromatic rings. The van der Waals surface area contributed by atoms with Crippen molar-refractivity contribution < 1.29 is 0 Å². The van der Waals surface area contributed by atoms with Gasteiger partial charge in [0.2, 0.25) is 0 Å². The van der Waals surface area contributed by atoms with Crippen LogP contribution < -0.4 is 11.1 Å². The van der Waals surface area contributed by atoms with Gasteiger partial charge in [-0.05, 0) is 135 Å². The van der Waals surface area contributed by atoms with Crippen molar-refractivity contribution in [1.29, 1.82) is 0 Å². The highest BCUT2D eigenvalue weighted by Gasteiger charge is 2.26. The first-order chi connectivity index (χ1) is 33.6. The maximum absolute atomic E-state index is 15.0. The van der Waals surface area contributed by atoms with Crippen LogP contribution in [0.5, 0.6) is 0 Å². The van der Waals surface area contributed by atoms with E-state index in [1.807, 2.05) is 33.1 Å². The van der Waals surface area contributed by atoms with Crippen LogP contribution in [0.2, 0.25) is 0 Å². The molecule has 0 N–H and O–H groups in total. The standard InChI is InChI=1S/C62H28N4O2/c67-61-45-25-21-41-37-17-18-38-42-22-26-46-56-44(60-64-58-34-12-4-2-8-30(34)28-32-10-6-14-48(50(32)58)66(60)62(46)68)24-20-40(54(42)56)36-16-15-35(51(37)52(36)38)39-19-23-43(55(45)53(39)41)59-63-57-33-11-3-1-7-29(33)27-31-9-5-13-47(49(31)57)65(59)61/h1-28H. The van der Waals surface area contributed by atoms with Crippen LogP contribution >= 0.6 is 0 Å². The highest BCUT2D eigenvalue weighted by Crippen LogP contribution is 2.50. The molecule has 68 heavy (non-hydrogen) atoms. The summed E-state index contributed by atoms with van der Waals surface area (Å²) in [5, 5.41) is 27.4. The summed E-state index contributed by atoms with van der Waals surface area (Å²) in [7, 11) is 0. The highest BCUT2D eigenvalue weighted by atomic mass is 16.1. The largest absolute Gasteiger partial charge is 0.268 e. The smallest absolute Gasteiger partial charge is 0.264 e. The molecule has 4 aromatic heterocycles. The molecule has 6 heteroatoms. The van der Waals surface area contributed by atoms with Crippen LogP contribution in [0.25, 0.3) is 173 Å². The third kappa shape index (κ3) is 3.68. The van der Waals surface area contributed by atoms with Crippen molar-refractivity contribution in [3.8, 4) is 0 Å². The first-order valence-corrected chi connectivity index (χ1v) is 23.2. The minimum absolute atomic E-state index is 0.0608. The molecule has 0 saturated heterocycles. The Morgan fingerprint density at radius 3 is 0.956 bits per heavy atom. The number of nitrogens with zero attached hydrogens (tertiary/aromatic N) is 4. The lowest BCUT2D eigenvalue weighted by atomic mass is 9.82. The zero-order valence-electron chi connectivity index (χ0n) is 35.8. The second kappa shape index (κ2) is 11.2. The highest BCUT2D eigenvalue weighted by molar-refractivity contribution is 6.45. The molecule has 0 saturated carbocycles. The van der Waals surface area contributed by atoms with Crippen LogP contribution in [0.4, 0.5) is 0 Å². The predicted octanol–water partition coefficient (Wildman–Crippen LogP) is 14.8. The van der Waals surface area contributed by atoms with Gasteiger partial charge in [-0.1, -0.05) is 121 Å². The summed E-state index contributed by atoms with van der Waals surface area (Å²) in [5.74, 6) is 0. The second-order valence-corrected chi connectivity index (χ2v) is 19.0. The predicted molar refractivity (Wildman–Crippen MR) is 284 cm³/mol. The third-order valence-corrected chi connectivity index (χ3v) is 16.0. The lowest BCUT2D eigenvalue weighted by molar-refractivity contribution is 1.15. The Morgan fingerprint density at radius 1 is 0.265 bits per heavy atom. The average molecular weight is 861 g/mol. The molecule has 0 amide bonds. The number of rotatable bonds is 0. The Kier molecular flexibility index (Phi) is 5.63. The molecule has 0 radical (unpaired) electrons. The summed E-state index contributed by atoms with van der Waals surface area (Å²) in [4.78, 5) is 40.8. The van der Waals surface area contributed by atoms with Crippen molar-refractivity contribution in [3.63, 3.8) is 0 Å². The number of hydrogen-bond acceptors (Lipinski definition) is 4. The number of aromatic nitrogens is 4. The SMILES string of the molecule is O=c1c2ccc3c4ccc5c6ccc7c(=O)n8c9cccc%10cc%11ccccc%11c(nc8c8ccc(c%11ccc(c%12ccc(c2c3%12)c2nc3c%12ccccc%12cc%12cccc(c%123)n12)c4c5%11)c6c78)c%109. The number of pyridine rings is 2. The Hall–Kier alpha value is -9.26. The fourth-order valence-electron chi connectivity index (χ4n) is 13.3. The third-order valence-electron chi connectivity index (χ3n) is 16.0. The Morgan fingerprint density at radius 2 is 0.574 bits per heavy atom. The van der Waals surface area contributed by atoms with Crippen LogP contribution in [0.3, 0.4) is 0 Å². The van der Waals surface area contributed by atoms with E-state index in [4.69, 9.17) is 9.97 Å². The van der Waals surface area contributed by atoms with Crippen molar-refractivity contribution in [1.82, 2.24) is 18.8 Å². The molecule has 0 bridgehead atoms. The van der Waals surface area contributed by atoms with Gasteiger partial charge in [-0.15, -0.1) is 0 Å². The molecule has 0 atom stereocenters. The average Bonchev–Trinajstić information content (AvgIpc) is 3.38. The summed E-state index contributed by atoms with van der Waals surface area (Å²) in [6.45, 7) is 0. The molecule has 0 aliphatic rings. The van der Waals surface area contributed by atoms with Crippen molar-refractivity contribution in [2.75, 3.05) is 0 Å². The molecule has 0 aliphatic heterocycles. The van der Waals surface area contributed by atoms with Crippen LogP contribution in [-0.2, 0) is 0 Å². The molecule has 18 rings (SSSR count). The minimum Gasteiger partial charge on any atom is -0.268 e. The molecule has 0 aliphatic carbocycles. The zero-order valence-corrected chi connectivity index (χ0v) is 35.8. The zero-order chi connectivity index (χ0) is 44.0. The normalized spacial score (nSPS) is 13.1. The van der Waals surface area contributed by atoms with Crippen molar-refractivity contribution in [3.05, 3.63) is 191 Å². The summed E-state index contributed by atoms with van der Waals surface area (Å²) < 4.78 is 3.68. The fraction of sp³-hybridized carbons (Fsp3) is 0. The molecule has 0 unspecified atom stereocenters. The first-order valence-electron chi connectivity index (χ1n) is 23.2. The van der Waals surface area contributed by atoms with E-state index in [1.54, 1.807) is 0 Å². The topological polar surface area (TPSA) is 68.7 Å². The van der Waals surface area contributed by atoms with E-state index in [9.17, 15) is 9.59 Å². The lowest BCUT2D eigenvalue weighted by Gasteiger charge is -2.22. The number of fused-ring (bicyclic) bond motifs is 14. The van der Waals surface area contributed by atoms with Gasteiger partial charge >= 0.3 is 0 Å². The van der Waals surface area contributed by atoms with Crippen molar-refractivity contribution >= 4 is 173 Å².